The topological polar surface area (TPSA) is 32.7 Å². The highest BCUT2D eigenvalue weighted by molar-refractivity contribution is 6.33. The minimum atomic E-state index is 0.00634. The predicted octanol–water partition coefficient (Wildman–Crippen LogP) is 3.04. The minimum absolute atomic E-state index is 0.00634. The molecule has 1 aliphatic heterocycles. The summed E-state index contributed by atoms with van der Waals surface area (Å²) in [5, 5.41) is 0. The van der Waals surface area contributed by atoms with Crippen molar-refractivity contribution in [3.63, 3.8) is 0 Å². The lowest BCUT2D eigenvalue weighted by Gasteiger charge is -2.26. The van der Waals surface area contributed by atoms with Crippen LogP contribution in [-0.4, -0.2) is 18.7 Å². The Morgan fingerprint density at radius 2 is 2.00 bits per heavy atom. The summed E-state index contributed by atoms with van der Waals surface area (Å²) in [6.07, 6.45) is 3.65. The number of anilines is 1. The number of fused-ring (bicyclic) bond motifs is 1. The maximum absolute atomic E-state index is 12.1. The molecule has 1 amide bonds. The second-order valence-electron chi connectivity index (χ2n) is 4.73. The van der Waals surface area contributed by atoms with Crippen LogP contribution in [0.2, 0.25) is 0 Å². The van der Waals surface area contributed by atoms with Gasteiger partial charge in [0.25, 0.3) is 5.91 Å². The zero-order chi connectivity index (χ0) is 13.0. The van der Waals surface area contributed by atoms with E-state index in [4.69, 9.17) is 0 Å². The summed E-state index contributed by atoms with van der Waals surface area (Å²) in [5.41, 5.74) is 2.15. The average molecular weight is 244 g/mol. The maximum Gasteiger partial charge on any atom is 0.268 e. The van der Waals surface area contributed by atoms with Crippen LogP contribution in [0.3, 0.4) is 0 Å². The molecule has 3 nitrogen and oxygen atoms in total. The van der Waals surface area contributed by atoms with E-state index in [1.165, 1.54) is 6.21 Å². The van der Waals surface area contributed by atoms with Crippen LogP contribution in [0, 0.1) is 5.92 Å². The summed E-state index contributed by atoms with van der Waals surface area (Å²) in [4.78, 5) is 18.2. The first-order chi connectivity index (χ1) is 8.76. The molecule has 1 aromatic rings. The molecule has 18 heavy (non-hydrogen) atoms. The Morgan fingerprint density at radius 1 is 1.28 bits per heavy atom. The molecule has 1 heterocycles. The summed E-state index contributed by atoms with van der Waals surface area (Å²) in [5.74, 6) is 0.556. The number of benzene rings is 1. The Morgan fingerprint density at radius 3 is 2.72 bits per heavy atom. The second-order valence-corrected chi connectivity index (χ2v) is 4.73. The predicted molar refractivity (Wildman–Crippen MR) is 75.1 cm³/mol. The van der Waals surface area contributed by atoms with E-state index in [0.29, 0.717) is 12.5 Å². The summed E-state index contributed by atoms with van der Waals surface area (Å²) in [6.45, 7) is 5.74. The number of nitrogens with zero attached hydrogens (tertiary/aromatic N) is 2. The van der Waals surface area contributed by atoms with E-state index in [-0.39, 0.29) is 5.91 Å². The van der Waals surface area contributed by atoms with Crippen molar-refractivity contribution in [3.05, 3.63) is 29.8 Å². The Labute approximate surface area is 109 Å². The Kier molecular flexibility index (Phi) is 4.13. The van der Waals surface area contributed by atoms with Crippen molar-refractivity contribution in [1.29, 1.82) is 0 Å². The number of carbonyl (C=O) groups is 1. The van der Waals surface area contributed by atoms with Gasteiger partial charge in [0.15, 0.2) is 0 Å². The van der Waals surface area contributed by atoms with Gasteiger partial charge in [-0.05, 0) is 17.5 Å². The Bertz CT molecular complexity index is 450. The van der Waals surface area contributed by atoms with E-state index in [9.17, 15) is 4.79 Å². The number of rotatable bonds is 4. The fourth-order valence-corrected chi connectivity index (χ4v) is 2.31. The van der Waals surface area contributed by atoms with Gasteiger partial charge in [-0.25, -0.2) is 0 Å². The smallest absolute Gasteiger partial charge is 0.268 e. The molecule has 0 saturated heterocycles. The molecular formula is C15H20N2O. The van der Waals surface area contributed by atoms with Crippen molar-refractivity contribution in [3.8, 4) is 0 Å². The van der Waals surface area contributed by atoms with Gasteiger partial charge in [0.2, 0.25) is 0 Å². The highest BCUT2D eigenvalue weighted by atomic mass is 16.2. The van der Waals surface area contributed by atoms with Crippen molar-refractivity contribution >= 4 is 17.8 Å². The molecule has 1 aliphatic rings. The van der Waals surface area contributed by atoms with Crippen LogP contribution in [0.4, 0.5) is 5.69 Å². The quantitative estimate of drug-likeness (QED) is 0.801. The SMILES string of the molecule is CCC(CC)CN1C(=O)C=NCc2ccccc21. The molecule has 1 aromatic carbocycles. The van der Waals surface area contributed by atoms with Crippen molar-refractivity contribution in [1.82, 2.24) is 0 Å². The van der Waals surface area contributed by atoms with Crippen LogP contribution >= 0.6 is 0 Å². The molecule has 2 rings (SSSR count). The van der Waals surface area contributed by atoms with Gasteiger partial charge in [0, 0.05) is 12.2 Å². The standard InChI is InChI=1S/C15H20N2O/c1-3-12(4-2)11-17-14-8-6-5-7-13(14)9-16-10-15(17)18/h5-8,10,12H,3-4,9,11H2,1-2H3. The van der Waals surface area contributed by atoms with E-state index < -0.39 is 0 Å². The normalized spacial score (nSPS) is 14.8. The maximum atomic E-state index is 12.1. The van der Waals surface area contributed by atoms with Crippen LogP contribution in [0.15, 0.2) is 29.3 Å². The Balaban J connectivity index is 2.31. The second kappa shape index (κ2) is 5.80. The fourth-order valence-electron chi connectivity index (χ4n) is 2.31. The van der Waals surface area contributed by atoms with Gasteiger partial charge in [-0.3, -0.25) is 9.79 Å². The highest BCUT2D eigenvalue weighted by Gasteiger charge is 2.21. The van der Waals surface area contributed by atoms with E-state index in [0.717, 1.165) is 30.6 Å². The monoisotopic (exact) mass is 244 g/mol. The lowest BCUT2D eigenvalue weighted by atomic mass is 10.0. The zero-order valence-electron chi connectivity index (χ0n) is 11.1. The number of aliphatic imine (C=N–C) groups is 1. The lowest BCUT2D eigenvalue weighted by molar-refractivity contribution is -0.112. The molecule has 0 N–H and O–H groups in total. The van der Waals surface area contributed by atoms with E-state index in [1.807, 2.05) is 29.2 Å². The number of carbonyl (C=O) groups excluding carboxylic acids is 1. The van der Waals surface area contributed by atoms with Gasteiger partial charge < -0.3 is 4.90 Å². The molecule has 0 saturated carbocycles. The van der Waals surface area contributed by atoms with Gasteiger partial charge in [-0.2, -0.15) is 0 Å². The molecule has 0 unspecified atom stereocenters. The van der Waals surface area contributed by atoms with Crippen LogP contribution in [-0.2, 0) is 11.3 Å². The lowest BCUT2D eigenvalue weighted by Crippen LogP contribution is -2.35. The van der Waals surface area contributed by atoms with Gasteiger partial charge >= 0.3 is 0 Å². The Hall–Kier alpha value is -1.64. The van der Waals surface area contributed by atoms with Crippen molar-refractivity contribution in [2.45, 2.75) is 33.2 Å². The molecule has 3 heteroatoms. The van der Waals surface area contributed by atoms with Crippen LogP contribution in [0.25, 0.3) is 0 Å². The fraction of sp³-hybridized carbons (Fsp3) is 0.467. The molecule has 0 aromatic heterocycles. The third-order valence-electron chi connectivity index (χ3n) is 3.61. The molecule has 0 radical (unpaired) electrons. The highest BCUT2D eigenvalue weighted by Crippen LogP contribution is 2.25. The molecule has 96 valence electrons. The van der Waals surface area contributed by atoms with Crippen molar-refractivity contribution in [2.75, 3.05) is 11.4 Å². The third-order valence-corrected chi connectivity index (χ3v) is 3.61. The molecular weight excluding hydrogens is 224 g/mol. The zero-order valence-corrected chi connectivity index (χ0v) is 11.1. The number of amides is 1. The van der Waals surface area contributed by atoms with E-state index in [2.05, 4.69) is 18.8 Å². The summed E-state index contributed by atoms with van der Waals surface area (Å²) in [6, 6.07) is 8.05. The molecule has 0 bridgehead atoms. The van der Waals surface area contributed by atoms with Crippen molar-refractivity contribution < 1.29 is 4.79 Å². The molecule has 0 spiro atoms. The first-order valence-corrected chi connectivity index (χ1v) is 6.65. The molecule has 0 fully saturated rings. The molecule has 0 atom stereocenters. The van der Waals surface area contributed by atoms with Crippen molar-refractivity contribution in [2.24, 2.45) is 10.9 Å². The van der Waals surface area contributed by atoms with E-state index in [1.54, 1.807) is 0 Å². The van der Waals surface area contributed by atoms with Crippen LogP contribution in [0.1, 0.15) is 32.3 Å². The van der Waals surface area contributed by atoms with Gasteiger partial charge in [0.05, 0.1) is 12.8 Å². The first-order valence-electron chi connectivity index (χ1n) is 6.65. The van der Waals surface area contributed by atoms with Gasteiger partial charge in [-0.1, -0.05) is 44.9 Å². The summed E-state index contributed by atoms with van der Waals surface area (Å²) < 4.78 is 0. The van der Waals surface area contributed by atoms with Gasteiger partial charge in [-0.15, -0.1) is 0 Å². The summed E-state index contributed by atoms with van der Waals surface area (Å²) >= 11 is 0. The largest absolute Gasteiger partial charge is 0.307 e. The number of hydrogen-bond acceptors (Lipinski definition) is 2. The first kappa shape index (κ1) is 12.8. The van der Waals surface area contributed by atoms with Crippen LogP contribution in [0.5, 0.6) is 0 Å². The van der Waals surface area contributed by atoms with E-state index >= 15 is 0 Å². The summed E-state index contributed by atoms with van der Waals surface area (Å²) in [7, 11) is 0. The minimum Gasteiger partial charge on any atom is -0.307 e. The van der Waals surface area contributed by atoms with Gasteiger partial charge in [0.1, 0.15) is 0 Å². The number of hydrogen-bond donors (Lipinski definition) is 0. The van der Waals surface area contributed by atoms with Crippen LogP contribution < -0.4 is 4.90 Å². The average Bonchev–Trinajstić information content (AvgIpc) is 2.55. The third kappa shape index (κ3) is 2.61. The molecule has 0 aliphatic carbocycles. The number of para-hydroxylation sites is 1.